The molecule has 0 aromatic heterocycles. The molecule has 4 aliphatic rings. The monoisotopic (exact) mass is 339 g/mol. The highest BCUT2D eigenvalue weighted by Gasteiger charge is 2.74. The van der Waals surface area contributed by atoms with Crippen LogP contribution in [0.25, 0.3) is 0 Å². The van der Waals surface area contributed by atoms with Gasteiger partial charge in [0.05, 0.1) is 23.1 Å². The first kappa shape index (κ1) is 15.3. The fourth-order valence-electron chi connectivity index (χ4n) is 5.82. The molecule has 5 heteroatoms. The number of imide groups is 1. The van der Waals surface area contributed by atoms with Crippen molar-refractivity contribution in [3.05, 3.63) is 30.3 Å². The van der Waals surface area contributed by atoms with E-state index in [9.17, 15) is 14.4 Å². The summed E-state index contributed by atoms with van der Waals surface area (Å²) < 4.78 is 6.32. The molecule has 1 aliphatic carbocycles. The van der Waals surface area contributed by atoms with Crippen LogP contribution in [0.15, 0.2) is 30.3 Å². The van der Waals surface area contributed by atoms with Gasteiger partial charge in [0, 0.05) is 6.42 Å². The number of nitrogens with zero attached hydrogens (tertiary/aromatic N) is 1. The third kappa shape index (κ3) is 1.70. The maximum Gasteiger partial charge on any atom is 0.240 e. The quantitative estimate of drug-likeness (QED) is 0.738. The molecule has 1 aromatic rings. The highest BCUT2D eigenvalue weighted by Crippen LogP contribution is 2.64. The van der Waals surface area contributed by atoms with Crippen LogP contribution in [0.3, 0.4) is 0 Å². The zero-order valence-corrected chi connectivity index (χ0v) is 14.2. The Labute approximate surface area is 146 Å². The molecule has 5 atom stereocenters. The van der Waals surface area contributed by atoms with E-state index in [0.29, 0.717) is 12.1 Å². The molecule has 2 bridgehead atoms. The Morgan fingerprint density at radius 2 is 1.80 bits per heavy atom. The van der Waals surface area contributed by atoms with Gasteiger partial charge in [-0.05, 0) is 43.2 Å². The molecule has 2 amide bonds. The van der Waals surface area contributed by atoms with Gasteiger partial charge in [-0.3, -0.25) is 14.4 Å². The number of hydrogen-bond donors (Lipinski definition) is 0. The van der Waals surface area contributed by atoms with Crippen molar-refractivity contribution in [2.24, 2.45) is 17.3 Å². The molecule has 0 radical (unpaired) electrons. The third-order valence-electron chi connectivity index (χ3n) is 7.07. The van der Waals surface area contributed by atoms with Gasteiger partial charge in [-0.1, -0.05) is 25.1 Å². The second-order valence-electron chi connectivity index (χ2n) is 8.16. The predicted molar refractivity (Wildman–Crippen MR) is 89.7 cm³/mol. The van der Waals surface area contributed by atoms with Gasteiger partial charge < -0.3 is 4.74 Å². The lowest BCUT2D eigenvalue weighted by Crippen LogP contribution is -2.50. The van der Waals surface area contributed by atoms with E-state index in [4.69, 9.17) is 4.74 Å². The van der Waals surface area contributed by atoms with Crippen LogP contribution in [0.4, 0.5) is 5.69 Å². The first-order chi connectivity index (χ1) is 12.0. The maximum absolute atomic E-state index is 13.4. The highest BCUT2D eigenvalue weighted by atomic mass is 16.5. The van der Waals surface area contributed by atoms with E-state index in [1.807, 2.05) is 18.2 Å². The lowest BCUT2D eigenvalue weighted by atomic mass is 9.63. The van der Waals surface area contributed by atoms with E-state index in [-0.39, 0.29) is 23.0 Å². The summed E-state index contributed by atoms with van der Waals surface area (Å²) in [5.41, 5.74) is -0.281. The molecular formula is C20H21NO4. The number of fused-ring (bicyclic) bond motifs is 3. The average Bonchev–Trinajstić information content (AvgIpc) is 3.18. The topological polar surface area (TPSA) is 63.7 Å². The zero-order chi connectivity index (χ0) is 17.4. The number of carbonyl (C=O) groups is 3. The molecule has 25 heavy (non-hydrogen) atoms. The Bertz CT molecular complexity index is 790. The van der Waals surface area contributed by atoms with Crippen LogP contribution in [0.2, 0.25) is 0 Å². The van der Waals surface area contributed by atoms with Crippen molar-refractivity contribution < 1.29 is 19.1 Å². The van der Waals surface area contributed by atoms with Crippen molar-refractivity contribution in [3.8, 4) is 0 Å². The summed E-state index contributed by atoms with van der Waals surface area (Å²) in [6.07, 6.45) is 3.12. The summed E-state index contributed by atoms with van der Waals surface area (Å²) in [6.45, 7) is 2.14. The number of ether oxygens (including phenoxy) is 1. The van der Waals surface area contributed by atoms with Crippen LogP contribution < -0.4 is 4.90 Å². The number of ketones is 1. The molecule has 3 aliphatic heterocycles. The van der Waals surface area contributed by atoms with Crippen molar-refractivity contribution in [1.82, 2.24) is 0 Å². The summed E-state index contributed by atoms with van der Waals surface area (Å²) in [5, 5.41) is 0. The summed E-state index contributed by atoms with van der Waals surface area (Å²) in [7, 11) is 0. The van der Waals surface area contributed by atoms with Gasteiger partial charge in [0.2, 0.25) is 11.8 Å². The smallest absolute Gasteiger partial charge is 0.240 e. The van der Waals surface area contributed by atoms with Crippen LogP contribution in [0.1, 0.15) is 39.0 Å². The molecule has 0 N–H and O–H groups in total. The van der Waals surface area contributed by atoms with E-state index < -0.39 is 23.5 Å². The Kier molecular flexibility index (Phi) is 2.92. The van der Waals surface area contributed by atoms with Crippen molar-refractivity contribution in [3.63, 3.8) is 0 Å². The average molecular weight is 339 g/mol. The largest absolute Gasteiger partial charge is 0.362 e. The van der Waals surface area contributed by atoms with E-state index >= 15 is 0 Å². The van der Waals surface area contributed by atoms with Gasteiger partial charge in [0.25, 0.3) is 0 Å². The van der Waals surface area contributed by atoms with E-state index in [2.05, 4.69) is 6.92 Å². The molecular weight excluding hydrogens is 318 g/mol. The van der Waals surface area contributed by atoms with Gasteiger partial charge in [-0.15, -0.1) is 0 Å². The second kappa shape index (κ2) is 4.79. The van der Waals surface area contributed by atoms with Crippen LogP contribution in [0, 0.1) is 17.3 Å². The SMILES string of the molecule is CC12CCC[C@@]13O[C@@H](C(=O)CC2)[C@@H]1C(=O)N(c2ccccc2)C(=O)[C@@H]13. The molecule has 3 heterocycles. The molecule has 5 nitrogen and oxygen atoms in total. The van der Waals surface area contributed by atoms with Gasteiger partial charge in [0.1, 0.15) is 6.10 Å². The van der Waals surface area contributed by atoms with Gasteiger partial charge in [0.15, 0.2) is 5.78 Å². The van der Waals surface area contributed by atoms with Crippen LogP contribution in [-0.2, 0) is 19.1 Å². The normalized spacial score (nSPS) is 42.5. The van der Waals surface area contributed by atoms with Crippen molar-refractivity contribution in [2.75, 3.05) is 4.90 Å². The number of hydrogen-bond acceptors (Lipinski definition) is 4. The summed E-state index contributed by atoms with van der Waals surface area (Å²) in [6, 6.07) is 9.03. The number of benzene rings is 1. The molecule has 5 rings (SSSR count). The van der Waals surface area contributed by atoms with Crippen LogP contribution in [-0.4, -0.2) is 29.3 Å². The Morgan fingerprint density at radius 1 is 1.04 bits per heavy atom. The van der Waals surface area contributed by atoms with Gasteiger partial charge >= 0.3 is 0 Å². The number of carbonyl (C=O) groups excluding carboxylic acids is 3. The fraction of sp³-hybridized carbons (Fsp3) is 0.550. The second-order valence-corrected chi connectivity index (χ2v) is 8.16. The molecule has 1 spiro atoms. The summed E-state index contributed by atoms with van der Waals surface area (Å²) in [5.74, 6) is -1.66. The molecule has 1 unspecified atom stereocenters. The first-order valence-electron chi connectivity index (χ1n) is 9.12. The van der Waals surface area contributed by atoms with E-state index in [1.54, 1.807) is 12.1 Å². The molecule has 1 saturated carbocycles. The summed E-state index contributed by atoms with van der Waals surface area (Å²) >= 11 is 0. The molecule has 1 aromatic carbocycles. The minimum atomic E-state index is -0.755. The van der Waals surface area contributed by atoms with Crippen LogP contribution >= 0.6 is 0 Å². The number of anilines is 1. The predicted octanol–water partition coefficient (Wildman–Crippen LogP) is 2.48. The Balaban J connectivity index is 1.67. The van der Waals surface area contributed by atoms with Crippen molar-refractivity contribution in [2.45, 2.75) is 50.7 Å². The third-order valence-corrected chi connectivity index (χ3v) is 7.07. The summed E-state index contributed by atoms with van der Waals surface area (Å²) in [4.78, 5) is 40.5. The molecule has 4 fully saturated rings. The number of para-hydroxylation sites is 1. The first-order valence-corrected chi connectivity index (χ1v) is 9.12. The van der Waals surface area contributed by atoms with E-state index in [0.717, 1.165) is 25.7 Å². The Hall–Kier alpha value is -2.01. The van der Waals surface area contributed by atoms with Crippen LogP contribution in [0.5, 0.6) is 0 Å². The molecule has 3 saturated heterocycles. The van der Waals surface area contributed by atoms with Gasteiger partial charge in [-0.25, -0.2) is 4.90 Å². The number of Topliss-reactive ketones (excluding diaryl/α,β-unsaturated/α-hetero) is 1. The number of rotatable bonds is 1. The Morgan fingerprint density at radius 3 is 2.56 bits per heavy atom. The lowest BCUT2D eigenvalue weighted by Gasteiger charge is -2.42. The minimum Gasteiger partial charge on any atom is -0.362 e. The van der Waals surface area contributed by atoms with Gasteiger partial charge in [-0.2, -0.15) is 0 Å². The molecule has 130 valence electrons. The minimum absolute atomic E-state index is 0.0152. The fourth-order valence-corrected chi connectivity index (χ4v) is 5.82. The lowest BCUT2D eigenvalue weighted by molar-refractivity contribution is -0.149. The van der Waals surface area contributed by atoms with Crippen molar-refractivity contribution in [1.29, 1.82) is 0 Å². The zero-order valence-electron chi connectivity index (χ0n) is 14.2. The standard InChI is InChI=1S/C20H21NO4/c1-19-9-5-10-20(19)15-14(16(25-20)13(22)8-11-19)17(23)21(18(15)24)12-6-3-2-4-7-12/h2-4,6-7,14-16H,5,8-11H2,1H3/t14-,15-,16+,19?,20+/m1/s1. The van der Waals surface area contributed by atoms with Crippen molar-refractivity contribution >= 4 is 23.3 Å². The maximum atomic E-state index is 13.4. The highest BCUT2D eigenvalue weighted by molar-refractivity contribution is 6.24. The number of amides is 2. The van der Waals surface area contributed by atoms with E-state index in [1.165, 1.54) is 4.90 Å².